The molecule has 1 atom stereocenters. The number of nitrogens with zero attached hydrogens (tertiary/aromatic N) is 2. The largest absolute Gasteiger partial charge is 0.388 e. The van der Waals surface area contributed by atoms with Crippen LogP contribution in [0.3, 0.4) is 0 Å². The van der Waals surface area contributed by atoms with Gasteiger partial charge >= 0.3 is 0 Å². The number of benzene rings is 3. The third-order valence-corrected chi connectivity index (χ3v) is 5.61. The van der Waals surface area contributed by atoms with Crippen molar-refractivity contribution in [2.24, 2.45) is 0 Å². The molecule has 28 heavy (non-hydrogen) atoms. The smallest absolute Gasteiger partial charge is 0.0802 e. The van der Waals surface area contributed by atoms with Gasteiger partial charge in [-0.15, -0.1) is 0 Å². The molecule has 3 aromatic carbocycles. The average Bonchev–Trinajstić information content (AvgIpc) is 2.79. The molecule has 1 N–H and O–H groups in total. The number of anilines is 1. The van der Waals surface area contributed by atoms with Gasteiger partial charge in [0.05, 0.1) is 6.10 Å². The van der Waals surface area contributed by atoms with Crippen LogP contribution in [0.15, 0.2) is 84.9 Å². The summed E-state index contributed by atoms with van der Waals surface area (Å²) in [5.74, 6) is 0. The topological polar surface area (TPSA) is 26.7 Å². The molecular weight excluding hydrogens is 344 g/mol. The molecule has 1 saturated heterocycles. The lowest BCUT2D eigenvalue weighted by Crippen LogP contribution is -2.46. The van der Waals surface area contributed by atoms with Gasteiger partial charge in [-0.2, -0.15) is 0 Å². The van der Waals surface area contributed by atoms with Gasteiger partial charge < -0.3 is 10.0 Å². The van der Waals surface area contributed by atoms with Crippen LogP contribution in [-0.4, -0.2) is 42.7 Å². The molecule has 0 spiro atoms. The minimum Gasteiger partial charge on any atom is -0.388 e. The Morgan fingerprint density at radius 3 is 1.89 bits per heavy atom. The Hall–Kier alpha value is -2.62. The summed E-state index contributed by atoms with van der Waals surface area (Å²) in [6.07, 6.45) is 0.368. The second kappa shape index (κ2) is 9.05. The highest BCUT2D eigenvalue weighted by Gasteiger charge is 2.18. The summed E-state index contributed by atoms with van der Waals surface area (Å²) >= 11 is 0. The van der Waals surface area contributed by atoms with Crippen molar-refractivity contribution in [1.82, 2.24) is 4.90 Å². The Labute approximate surface area is 167 Å². The van der Waals surface area contributed by atoms with Crippen LogP contribution in [0, 0.1) is 0 Å². The fourth-order valence-corrected chi connectivity index (χ4v) is 3.87. The van der Waals surface area contributed by atoms with E-state index >= 15 is 0 Å². The Balaban J connectivity index is 1.26. The van der Waals surface area contributed by atoms with Crippen molar-refractivity contribution in [3.8, 4) is 11.1 Å². The van der Waals surface area contributed by atoms with Gasteiger partial charge in [0.25, 0.3) is 0 Å². The van der Waals surface area contributed by atoms with E-state index in [0.29, 0.717) is 0 Å². The lowest BCUT2D eigenvalue weighted by molar-refractivity contribution is 0.139. The van der Waals surface area contributed by atoms with Crippen molar-refractivity contribution in [3.63, 3.8) is 0 Å². The van der Waals surface area contributed by atoms with E-state index < -0.39 is 6.10 Å². The van der Waals surface area contributed by atoms with Crippen LogP contribution < -0.4 is 4.90 Å². The van der Waals surface area contributed by atoms with Gasteiger partial charge in [-0.3, -0.25) is 4.90 Å². The van der Waals surface area contributed by atoms with Gasteiger partial charge in [-0.25, -0.2) is 0 Å². The lowest BCUT2D eigenvalue weighted by atomic mass is 10.0. The summed E-state index contributed by atoms with van der Waals surface area (Å²) < 4.78 is 0. The zero-order valence-electron chi connectivity index (χ0n) is 16.2. The molecule has 1 fully saturated rings. The van der Waals surface area contributed by atoms with Gasteiger partial charge in [0.1, 0.15) is 0 Å². The minimum absolute atomic E-state index is 0.406. The molecule has 0 saturated carbocycles. The molecule has 3 heteroatoms. The highest BCUT2D eigenvalue weighted by atomic mass is 16.3. The Morgan fingerprint density at radius 1 is 0.679 bits per heavy atom. The van der Waals surface area contributed by atoms with Crippen molar-refractivity contribution in [3.05, 3.63) is 90.5 Å². The van der Waals surface area contributed by atoms with E-state index in [-0.39, 0.29) is 0 Å². The second-order valence-corrected chi connectivity index (χ2v) is 7.46. The fraction of sp³-hybridized carbons (Fsp3) is 0.280. The molecule has 1 heterocycles. The maximum atomic E-state index is 10.6. The van der Waals surface area contributed by atoms with E-state index in [1.165, 1.54) is 16.8 Å². The first-order chi connectivity index (χ1) is 13.8. The lowest BCUT2D eigenvalue weighted by Gasteiger charge is -2.36. The van der Waals surface area contributed by atoms with E-state index in [1.54, 1.807) is 0 Å². The molecule has 3 nitrogen and oxygen atoms in total. The van der Waals surface area contributed by atoms with Crippen LogP contribution in [0.1, 0.15) is 18.1 Å². The van der Waals surface area contributed by atoms with Crippen molar-refractivity contribution in [2.45, 2.75) is 12.5 Å². The molecular formula is C25H28N2O. The van der Waals surface area contributed by atoms with Crippen molar-refractivity contribution >= 4 is 5.69 Å². The first-order valence-electron chi connectivity index (χ1n) is 10.2. The minimum atomic E-state index is -0.406. The first kappa shape index (κ1) is 18.7. The summed E-state index contributed by atoms with van der Waals surface area (Å²) in [7, 11) is 0. The molecule has 0 aromatic heterocycles. The van der Waals surface area contributed by atoms with Crippen LogP contribution >= 0.6 is 0 Å². The summed E-state index contributed by atoms with van der Waals surface area (Å²) in [5.41, 5.74) is 4.71. The normalized spacial score (nSPS) is 16.1. The summed E-state index contributed by atoms with van der Waals surface area (Å²) in [5, 5.41) is 10.6. The third-order valence-electron chi connectivity index (χ3n) is 5.61. The molecule has 4 rings (SSSR count). The molecule has 1 aliphatic rings. The summed E-state index contributed by atoms with van der Waals surface area (Å²) in [4.78, 5) is 4.90. The van der Waals surface area contributed by atoms with E-state index in [9.17, 15) is 5.11 Å². The number of para-hydroxylation sites is 1. The standard InChI is InChI=1S/C25H28N2O/c28-25(23-13-11-22(12-14-23)21-7-3-1-4-8-21)15-16-26-17-19-27(20-18-26)24-9-5-2-6-10-24/h1-14,25,28H,15-20H2. The van der Waals surface area contributed by atoms with Gasteiger partial charge in [0.15, 0.2) is 0 Å². The molecule has 1 unspecified atom stereocenters. The molecule has 1 aliphatic heterocycles. The van der Waals surface area contributed by atoms with Crippen molar-refractivity contribution < 1.29 is 5.11 Å². The second-order valence-electron chi connectivity index (χ2n) is 7.46. The number of aliphatic hydroxyl groups is 1. The maximum Gasteiger partial charge on any atom is 0.0802 e. The third kappa shape index (κ3) is 4.61. The molecule has 3 aromatic rings. The van der Waals surface area contributed by atoms with Crippen LogP contribution in [0.5, 0.6) is 0 Å². The average molecular weight is 373 g/mol. The van der Waals surface area contributed by atoms with Crippen LogP contribution in [0.4, 0.5) is 5.69 Å². The number of hydrogen-bond donors (Lipinski definition) is 1. The quantitative estimate of drug-likeness (QED) is 0.685. The SMILES string of the molecule is OC(CCN1CCN(c2ccccc2)CC1)c1ccc(-c2ccccc2)cc1. The van der Waals surface area contributed by atoms with Gasteiger partial charge in [-0.05, 0) is 35.2 Å². The zero-order valence-corrected chi connectivity index (χ0v) is 16.2. The van der Waals surface area contributed by atoms with Crippen LogP contribution in [0.25, 0.3) is 11.1 Å². The zero-order chi connectivity index (χ0) is 19.2. The monoisotopic (exact) mass is 372 g/mol. The highest BCUT2D eigenvalue weighted by Crippen LogP contribution is 2.24. The van der Waals surface area contributed by atoms with Gasteiger partial charge in [-0.1, -0.05) is 72.8 Å². The first-order valence-corrected chi connectivity index (χ1v) is 10.2. The predicted molar refractivity (Wildman–Crippen MR) is 117 cm³/mol. The van der Waals surface area contributed by atoms with E-state index in [1.807, 2.05) is 6.07 Å². The van der Waals surface area contributed by atoms with E-state index in [4.69, 9.17) is 0 Å². The Kier molecular flexibility index (Phi) is 6.05. The molecule has 0 bridgehead atoms. The number of piperazine rings is 1. The summed E-state index contributed by atoms with van der Waals surface area (Å²) in [6, 6.07) is 29.3. The predicted octanol–water partition coefficient (Wildman–Crippen LogP) is 4.60. The number of rotatable bonds is 6. The Bertz CT molecular complexity index is 841. The van der Waals surface area contributed by atoms with E-state index in [0.717, 1.165) is 44.7 Å². The summed E-state index contributed by atoms with van der Waals surface area (Å²) in [6.45, 7) is 5.13. The number of aliphatic hydroxyl groups excluding tert-OH is 1. The maximum absolute atomic E-state index is 10.6. The van der Waals surface area contributed by atoms with Crippen LogP contribution in [0.2, 0.25) is 0 Å². The van der Waals surface area contributed by atoms with Crippen molar-refractivity contribution in [1.29, 1.82) is 0 Å². The van der Waals surface area contributed by atoms with Gasteiger partial charge in [0.2, 0.25) is 0 Å². The van der Waals surface area contributed by atoms with Crippen molar-refractivity contribution in [2.75, 3.05) is 37.6 Å². The highest BCUT2D eigenvalue weighted by molar-refractivity contribution is 5.63. The van der Waals surface area contributed by atoms with E-state index in [2.05, 4.69) is 88.7 Å². The van der Waals surface area contributed by atoms with Gasteiger partial charge in [0, 0.05) is 38.4 Å². The molecule has 0 aliphatic carbocycles. The molecule has 0 amide bonds. The van der Waals surface area contributed by atoms with Crippen LogP contribution in [-0.2, 0) is 0 Å². The Morgan fingerprint density at radius 2 is 1.25 bits per heavy atom. The molecule has 144 valence electrons. The fourth-order valence-electron chi connectivity index (χ4n) is 3.87. The molecule has 0 radical (unpaired) electrons. The number of hydrogen-bond acceptors (Lipinski definition) is 3.